The van der Waals surface area contributed by atoms with Crippen molar-refractivity contribution in [2.75, 3.05) is 0 Å². The number of rotatable bonds is 5. The fourth-order valence-electron chi connectivity index (χ4n) is 3.54. The Morgan fingerprint density at radius 3 is 2.80 bits per heavy atom. The van der Waals surface area contributed by atoms with Gasteiger partial charge in [-0.3, -0.25) is 0 Å². The summed E-state index contributed by atoms with van der Waals surface area (Å²) in [6.45, 7) is 3.31. The van der Waals surface area contributed by atoms with Crippen molar-refractivity contribution in [1.29, 1.82) is 0 Å². The van der Waals surface area contributed by atoms with Crippen LogP contribution in [0.25, 0.3) is 10.9 Å². The van der Waals surface area contributed by atoms with Crippen LogP contribution in [0.3, 0.4) is 0 Å². The molecule has 1 fully saturated rings. The molecule has 1 heterocycles. The maximum atomic E-state index is 3.75. The molecule has 1 aliphatic rings. The van der Waals surface area contributed by atoms with Gasteiger partial charge in [0.1, 0.15) is 0 Å². The number of fused-ring (bicyclic) bond motifs is 1. The van der Waals surface area contributed by atoms with E-state index in [-0.39, 0.29) is 0 Å². The van der Waals surface area contributed by atoms with E-state index >= 15 is 0 Å². The van der Waals surface area contributed by atoms with Gasteiger partial charge in [0.05, 0.1) is 0 Å². The average molecular weight is 270 g/mol. The maximum Gasteiger partial charge on any atom is 0.0454 e. The second-order valence-corrected chi connectivity index (χ2v) is 6.29. The third kappa shape index (κ3) is 3.24. The van der Waals surface area contributed by atoms with Crippen molar-refractivity contribution in [1.82, 2.24) is 10.3 Å². The number of hydrogen-bond donors (Lipinski definition) is 2. The van der Waals surface area contributed by atoms with E-state index in [0.29, 0.717) is 0 Å². The highest BCUT2D eigenvalue weighted by molar-refractivity contribution is 5.79. The molecule has 2 heteroatoms. The predicted molar refractivity (Wildman–Crippen MR) is 85.8 cm³/mol. The van der Waals surface area contributed by atoms with Gasteiger partial charge < -0.3 is 10.3 Å². The molecule has 20 heavy (non-hydrogen) atoms. The van der Waals surface area contributed by atoms with E-state index in [4.69, 9.17) is 0 Å². The normalized spacial score (nSPS) is 23.2. The van der Waals surface area contributed by atoms with Crippen LogP contribution in [0.2, 0.25) is 0 Å². The van der Waals surface area contributed by atoms with E-state index in [1.807, 2.05) is 6.20 Å². The molecule has 0 saturated heterocycles. The van der Waals surface area contributed by atoms with Gasteiger partial charge in [0.15, 0.2) is 0 Å². The van der Waals surface area contributed by atoms with Gasteiger partial charge in [-0.15, -0.1) is 0 Å². The molecule has 0 radical (unpaired) electrons. The smallest absolute Gasteiger partial charge is 0.0454 e. The summed E-state index contributed by atoms with van der Waals surface area (Å²) in [6, 6.07) is 9.58. The zero-order valence-electron chi connectivity index (χ0n) is 12.5. The molecule has 0 amide bonds. The maximum absolute atomic E-state index is 3.75. The molecule has 1 aliphatic carbocycles. The van der Waals surface area contributed by atoms with Gasteiger partial charge in [-0.25, -0.2) is 0 Å². The van der Waals surface area contributed by atoms with Gasteiger partial charge in [-0.2, -0.15) is 0 Å². The monoisotopic (exact) mass is 270 g/mol. The zero-order chi connectivity index (χ0) is 13.8. The minimum Gasteiger partial charge on any atom is -0.361 e. The minimum absolute atomic E-state index is 0.727. The fourth-order valence-corrected chi connectivity index (χ4v) is 3.54. The van der Waals surface area contributed by atoms with Gasteiger partial charge in [-0.1, -0.05) is 25.8 Å². The predicted octanol–water partition coefficient (Wildman–Crippen LogP) is 4.62. The third-order valence-corrected chi connectivity index (χ3v) is 4.76. The van der Waals surface area contributed by atoms with Gasteiger partial charge in [0.25, 0.3) is 0 Å². The van der Waals surface area contributed by atoms with Crippen LogP contribution in [0.5, 0.6) is 0 Å². The molecule has 0 unspecified atom stereocenters. The molecular weight excluding hydrogens is 244 g/mol. The summed E-state index contributed by atoms with van der Waals surface area (Å²) in [4.78, 5) is 3.25. The summed E-state index contributed by atoms with van der Waals surface area (Å²) >= 11 is 0. The lowest BCUT2D eigenvalue weighted by Gasteiger charge is -2.29. The minimum atomic E-state index is 0.727. The second-order valence-electron chi connectivity index (χ2n) is 6.29. The van der Waals surface area contributed by atoms with Gasteiger partial charge in [-0.05, 0) is 60.7 Å². The van der Waals surface area contributed by atoms with Gasteiger partial charge in [0.2, 0.25) is 0 Å². The van der Waals surface area contributed by atoms with Crippen molar-refractivity contribution in [3.8, 4) is 0 Å². The fraction of sp³-hybridized carbons (Fsp3) is 0.556. The molecular formula is C18H26N2. The Morgan fingerprint density at radius 2 is 2.00 bits per heavy atom. The summed E-state index contributed by atoms with van der Waals surface area (Å²) in [6.07, 6.45) is 10.3. The summed E-state index contributed by atoms with van der Waals surface area (Å²) < 4.78 is 0. The quantitative estimate of drug-likeness (QED) is 0.815. The first kappa shape index (κ1) is 13.7. The molecule has 0 spiro atoms. The van der Waals surface area contributed by atoms with Crippen molar-refractivity contribution in [2.24, 2.45) is 5.92 Å². The summed E-state index contributed by atoms with van der Waals surface area (Å²) in [5.41, 5.74) is 2.63. The Labute approximate surface area is 122 Å². The Balaban J connectivity index is 1.50. The third-order valence-electron chi connectivity index (χ3n) is 4.76. The highest BCUT2D eigenvalue weighted by Crippen LogP contribution is 2.27. The van der Waals surface area contributed by atoms with Crippen LogP contribution >= 0.6 is 0 Å². The standard InChI is InChI=1S/C18H26N2/c1-2-3-14-4-7-17(8-5-14)20-13-15-6-9-18-16(12-15)10-11-19-18/h6,9-12,14,17,19-20H,2-5,7-8,13H2,1H3. The first-order chi connectivity index (χ1) is 9.85. The van der Waals surface area contributed by atoms with Crippen molar-refractivity contribution < 1.29 is 0 Å². The van der Waals surface area contributed by atoms with Crippen LogP contribution in [0, 0.1) is 5.92 Å². The first-order valence-electron chi connectivity index (χ1n) is 8.14. The topological polar surface area (TPSA) is 27.8 Å². The van der Waals surface area contributed by atoms with Crippen molar-refractivity contribution in [3.63, 3.8) is 0 Å². The molecule has 1 saturated carbocycles. The van der Waals surface area contributed by atoms with E-state index in [0.717, 1.165) is 18.5 Å². The van der Waals surface area contributed by atoms with E-state index in [1.165, 1.54) is 55.0 Å². The molecule has 2 N–H and O–H groups in total. The number of hydrogen-bond acceptors (Lipinski definition) is 1. The summed E-state index contributed by atoms with van der Waals surface area (Å²) in [5, 5.41) is 5.06. The van der Waals surface area contributed by atoms with E-state index in [9.17, 15) is 0 Å². The molecule has 3 rings (SSSR count). The van der Waals surface area contributed by atoms with Crippen molar-refractivity contribution >= 4 is 10.9 Å². The molecule has 0 atom stereocenters. The number of nitrogens with one attached hydrogen (secondary N) is 2. The van der Waals surface area contributed by atoms with Gasteiger partial charge >= 0.3 is 0 Å². The Bertz CT molecular complexity index is 535. The SMILES string of the molecule is CCCC1CCC(NCc2ccc3[nH]ccc3c2)CC1. The van der Waals surface area contributed by atoms with E-state index in [2.05, 4.69) is 41.5 Å². The lowest BCUT2D eigenvalue weighted by atomic mass is 9.83. The van der Waals surface area contributed by atoms with E-state index in [1.54, 1.807) is 0 Å². The second kappa shape index (κ2) is 6.45. The van der Waals surface area contributed by atoms with Crippen molar-refractivity contribution in [3.05, 3.63) is 36.0 Å². The lowest BCUT2D eigenvalue weighted by molar-refractivity contribution is 0.277. The van der Waals surface area contributed by atoms with Crippen LogP contribution in [0.15, 0.2) is 30.5 Å². The molecule has 2 aromatic rings. The van der Waals surface area contributed by atoms with E-state index < -0.39 is 0 Å². The molecule has 0 aliphatic heterocycles. The van der Waals surface area contributed by atoms with Crippen LogP contribution < -0.4 is 5.32 Å². The highest BCUT2D eigenvalue weighted by Gasteiger charge is 2.19. The molecule has 108 valence electrons. The Kier molecular flexibility index (Phi) is 4.41. The largest absolute Gasteiger partial charge is 0.361 e. The summed E-state index contributed by atoms with van der Waals surface area (Å²) in [5.74, 6) is 0.995. The number of benzene rings is 1. The Morgan fingerprint density at radius 1 is 1.15 bits per heavy atom. The number of aromatic amines is 1. The highest BCUT2D eigenvalue weighted by atomic mass is 14.9. The molecule has 2 nitrogen and oxygen atoms in total. The van der Waals surface area contributed by atoms with Crippen LogP contribution in [-0.4, -0.2) is 11.0 Å². The molecule has 1 aromatic carbocycles. The van der Waals surface area contributed by atoms with Crippen LogP contribution in [0.1, 0.15) is 51.0 Å². The lowest BCUT2D eigenvalue weighted by Crippen LogP contribution is -2.32. The number of aromatic nitrogens is 1. The zero-order valence-corrected chi connectivity index (χ0v) is 12.5. The summed E-state index contributed by atoms with van der Waals surface area (Å²) in [7, 11) is 0. The first-order valence-corrected chi connectivity index (χ1v) is 8.14. The average Bonchev–Trinajstić information content (AvgIpc) is 2.94. The van der Waals surface area contributed by atoms with Crippen molar-refractivity contribution in [2.45, 2.75) is 58.0 Å². The Hall–Kier alpha value is -1.28. The molecule has 1 aromatic heterocycles. The van der Waals surface area contributed by atoms with Crippen LogP contribution in [0.4, 0.5) is 0 Å². The van der Waals surface area contributed by atoms with Gasteiger partial charge in [0, 0.05) is 24.3 Å². The number of H-pyrrole nitrogens is 1. The van der Waals surface area contributed by atoms with Crippen LogP contribution in [-0.2, 0) is 6.54 Å². The molecule has 0 bridgehead atoms.